The molecule has 0 amide bonds. The number of thiocarbonyl (C=S) groups is 2. The van der Waals surface area contributed by atoms with Gasteiger partial charge >= 0.3 is 0 Å². The van der Waals surface area contributed by atoms with Crippen molar-refractivity contribution < 1.29 is 0 Å². The van der Waals surface area contributed by atoms with E-state index in [4.69, 9.17) is 24.4 Å². The largest absolute Gasteiger partial charge is 0.296 e. The summed E-state index contributed by atoms with van der Waals surface area (Å²) in [6.07, 6.45) is 1.13. The Morgan fingerprint density at radius 3 is 1.93 bits per heavy atom. The monoisotopic (exact) mass is 260 g/mol. The van der Waals surface area contributed by atoms with Crippen molar-refractivity contribution in [2.45, 2.75) is 6.42 Å². The molecule has 0 aliphatic carbocycles. The second-order valence-electron chi connectivity index (χ2n) is 3.76. The summed E-state index contributed by atoms with van der Waals surface area (Å²) >= 11 is 10.9. The van der Waals surface area contributed by atoms with Gasteiger partial charge in [-0.3, -0.25) is 18.4 Å². The standard InChI is InChI=1S/C8H12N4S3/c1-9-6(13)11-4-3-5-12-7(14)10(2)15(9)8(11)12/h3-5H2,1-2H3. The molecular formula is C8H12N4S3. The van der Waals surface area contributed by atoms with Crippen molar-refractivity contribution in [3.8, 4) is 0 Å². The van der Waals surface area contributed by atoms with Gasteiger partial charge in [0.25, 0.3) is 0 Å². The lowest BCUT2D eigenvalue weighted by molar-refractivity contribution is 0.403. The van der Waals surface area contributed by atoms with Gasteiger partial charge in [-0.05, 0) is 30.9 Å². The minimum atomic E-state index is -0.0736. The van der Waals surface area contributed by atoms with Crippen LogP contribution in [0.3, 0.4) is 0 Å². The Hall–Kier alpha value is -0.400. The highest BCUT2D eigenvalue weighted by Crippen LogP contribution is 2.41. The molecule has 3 heterocycles. The van der Waals surface area contributed by atoms with Gasteiger partial charge in [-0.1, -0.05) is 0 Å². The quantitative estimate of drug-likeness (QED) is 0.589. The van der Waals surface area contributed by atoms with Crippen molar-refractivity contribution in [2.24, 2.45) is 0 Å². The van der Waals surface area contributed by atoms with Gasteiger partial charge in [-0.15, -0.1) is 0 Å². The summed E-state index contributed by atoms with van der Waals surface area (Å²) in [5.41, 5.74) is 0. The molecule has 7 heteroatoms. The van der Waals surface area contributed by atoms with E-state index >= 15 is 0 Å². The summed E-state index contributed by atoms with van der Waals surface area (Å²) < 4.78 is 4.31. The third kappa shape index (κ3) is 1.06. The molecule has 0 radical (unpaired) electrons. The first kappa shape index (κ1) is 9.80. The number of hydrogen-bond donors (Lipinski definition) is 0. The molecule has 0 bridgehead atoms. The Morgan fingerprint density at radius 2 is 1.47 bits per heavy atom. The van der Waals surface area contributed by atoms with Gasteiger partial charge in [-0.25, -0.2) is 0 Å². The van der Waals surface area contributed by atoms with Crippen LogP contribution in [0.2, 0.25) is 0 Å². The maximum absolute atomic E-state index is 5.44. The fourth-order valence-electron chi connectivity index (χ4n) is 2.19. The van der Waals surface area contributed by atoms with Crippen molar-refractivity contribution in [3.05, 3.63) is 0 Å². The number of hydrogen-bond acceptors (Lipinski definition) is 2. The molecule has 3 aliphatic heterocycles. The van der Waals surface area contributed by atoms with Gasteiger partial charge in [0.15, 0.2) is 15.3 Å². The Labute approximate surface area is 103 Å². The molecule has 0 atom stereocenters. The first-order valence-electron chi connectivity index (χ1n) is 4.85. The average Bonchev–Trinajstić information content (AvgIpc) is 2.64. The fourth-order valence-corrected chi connectivity index (χ4v) is 5.19. The molecular weight excluding hydrogens is 248 g/mol. The van der Waals surface area contributed by atoms with E-state index in [0.717, 1.165) is 29.7 Å². The molecule has 1 saturated heterocycles. The van der Waals surface area contributed by atoms with E-state index in [-0.39, 0.29) is 10.9 Å². The van der Waals surface area contributed by atoms with Gasteiger partial charge in [-0.2, -0.15) is 0 Å². The lowest BCUT2D eigenvalue weighted by Crippen LogP contribution is -2.52. The van der Waals surface area contributed by atoms with Gasteiger partial charge in [0.2, 0.25) is 0 Å². The maximum atomic E-state index is 5.44. The SMILES string of the molecule is CN1C(=S)N2CCCN3C(=S)N(C)S1=C23. The molecule has 82 valence electrons. The van der Waals surface area contributed by atoms with Crippen LogP contribution in [0, 0.1) is 0 Å². The van der Waals surface area contributed by atoms with Gasteiger partial charge < -0.3 is 0 Å². The van der Waals surface area contributed by atoms with E-state index in [2.05, 4.69) is 32.5 Å². The summed E-state index contributed by atoms with van der Waals surface area (Å²) in [6, 6.07) is 0. The van der Waals surface area contributed by atoms with Gasteiger partial charge in [0.05, 0.1) is 10.9 Å². The van der Waals surface area contributed by atoms with E-state index < -0.39 is 0 Å². The van der Waals surface area contributed by atoms with Crippen LogP contribution >= 0.6 is 35.3 Å². The Morgan fingerprint density at radius 1 is 1.00 bits per heavy atom. The van der Waals surface area contributed by atoms with Crippen LogP contribution in [0.4, 0.5) is 0 Å². The third-order valence-corrected chi connectivity index (χ3v) is 6.28. The molecule has 0 unspecified atom stereocenters. The molecule has 0 aromatic rings. The van der Waals surface area contributed by atoms with E-state index in [9.17, 15) is 0 Å². The molecule has 0 saturated carbocycles. The molecule has 0 aromatic carbocycles. The zero-order valence-electron chi connectivity index (χ0n) is 8.63. The van der Waals surface area contributed by atoms with Crippen molar-refractivity contribution in [3.63, 3.8) is 0 Å². The van der Waals surface area contributed by atoms with Crippen molar-refractivity contribution in [1.82, 2.24) is 18.4 Å². The predicted octanol–water partition coefficient (Wildman–Crippen LogP) is 0.641. The topological polar surface area (TPSA) is 13.0 Å². The van der Waals surface area contributed by atoms with E-state index in [0.29, 0.717) is 0 Å². The smallest absolute Gasteiger partial charge is 0.188 e. The van der Waals surface area contributed by atoms with E-state index in [1.165, 1.54) is 5.11 Å². The summed E-state index contributed by atoms with van der Waals surface area (Å²) in [5, 5.41) is 3.17. The molecule has 0 spiro atoms. The molecule has 1 fully saturated rings. The van der Waals surface area contributed by atoms with Gasteiger partial charge in [0.1, 0.15) is 0 Å². The van der Waals surface area contributed by atoms with Crippen molar-refractivity contribution in [2.75, 3.05) is 27.2 Å². The van der Waals surface area contributed by atoms with Crippen LogP contribution < -0.4 is 0 Å². The summed E-state index contributed by atoms with van der Waals surface area (Å²) in [6.45, 7) is 2.07. The second kappa shape index (κ2) is 3.05. The Bertz CT molecular complexity index is 371. The zero-order chi connectivity index (χ0) is 10.7. The van der Waals surface area contributed by atoms with Gasteiger partial charge in [0, 0.05) is 27.2 Å². The van der Waals surface area contributed by atoms with Crippen LogP contribution in [0.25, 0.3) is 0 Å². The second-order valence-corrected chi connectivity index (χ2v) is 6.48. The third-order valence-electron chi connectivity index (χ3n) is 2.91. The van der Waals surface area contributed by atoms with Crippen molar-refractivity contribution >= 4 is 50.6 Å². The van der Waals surface area contributed by atoms with Crippen LogP contribution in [0.5, 0.6) is 0 Å². The normalized spacial score (nSPS) is 25.9. The van der Waals surface area contributed by atoms with E-state index in [1.54, 1.807) is 0 Å². The van der Waals surface area contributed by atoms with Crippen LogP contribution in [0.1, 0.15) is 6.42 Å². The highest BCUT2D eigenvalue weighted by atomic mass is 32.2. The summed E-state index contributed by atoms with van der Waals surface area (Å²) in [5.74, 6) is 0. The highest BCUT2D eigenvalue weighted by molar-refractivity contribution is 8.14. The van der Waals surface area contributed by atoms with Crippen LogP contribution in [-0.2, 0) is 0 Å². The maximum Gasteiger partial charge on any atom is 0.188 e. The Balaban J connectivity index is 2.14. The summed E-state index contributed by atoms with van der Waals surface area (Å²) in [7, 11) is 4.04. The van der Waals surface area contributed by atoms with Crippen LogP contribution in [-0.4, -0.2) is 60.9 Å². The zero-order valence-corrected chi connectivity index (χ0v) is 11.1. The highest BCUT2D eigenvalue weighted by Gasteiger charge is 2.45. The molecule has 15 heavy (non-hydrogen) atoms. The fraction of sp³-hybridized carbons (Fsp3) is 0.625. The minimum Gasteiger partial charge on any atom is -0.296 e. The lowest BCUT2D eigenvalue weighted by Gasteiger charge is -2.35. The molecule has 0 N–H and O–H groups in total. The summed E-state index contributed by atoms with van der Waals surface area (Å²) in [4.78, 5) is 4.47. The number of nitrogens with zero attached hydrogens (tertiary/aromatic N) is 4. The minimum absolute atomic E-state index is 0.0736. The molecule has 0 aromatic heterocycles. The van der Waals surface area contributed by atoms with Crippen LogP contribution in [0.15, 0.2) is 0 Å². The Kier molecular flexibility index (Phi) is 1.99. The average molecular weight is 260 g/mol. The van der Waals surface area contributed by atoms with E-state index in [1.807, 2.05) is 0 Å². The predicted molar refractivity (Wildman–Crippen MR) is 71.3 cm³/mol. The molecule has 4 nitrogen and oxygen atoms in total. The first-order valence-corrected chi connectivity index (χ1v) is 6.80. The molecule has 3 rings (SSSR count). The molecule has 3 aliphatic rings. The lowest BCUT2D eigenvalue weighted by atomic mass is 10.3. The first-order chi connectivity index (χ1) is 7.13. The van der Waals surface area contributed by atoms with Crippen molar-refractivity contribution in [1.29, 1.82) is 0 Å². The number of rotatable bonds is 0.